The van der Waals surface area contributed by atoms with Gasteiger partial charge in [-0.15, -0.1) is 12.4 Å². The second-order valence-electron chi connectivity index (χ2n) is 2.92. The predicted molar refractivity (Wildman–Crippen MR) is 45.2 cm³/mol. The summed E-state index contributed by atoms with van der Waals surface area (Å²) in [5.74, 6) is -3.12. The first-order chi connectivity index (χ1) is 5.53. The number of methoxy groups -OCH3 is 1. The van der Waals surface area contributed by atoms with Crippen LogP contribution in [0.15, 0.2) is 0 Å². The smallest absolute Gasteiger partial charge is 0.307 e. The van der Waals surface area contributed by atoms with Crippen LogP contribution in [0.4, 0.5) is 8.78 Å². The van der Waals surface area contributed by atoms with Crippen molar-refractivity contribution in [2.45, 2.75) is 24.8 Å². The van der Waals surface area contributed by atoms with Gasteiger partial charge in [0, 0.05) is 12.5 Å². The van der Waals surface area contributed by atoms with Gasteiger partial charge < -0.3 is 10.1 Å². The van der Waals surface area contributed by atoms with Gasteiger partial charge in [0.25, 0.3) is 5.92 Å². The van der Waals surface area contributed by atoms with Crippen molar-refractivity contribution < 1.29 is 18.3 Å². The first kappa shape index (κ1) is 12.6. The van der Waals surface area contributed by atoms with Crippen molar-refractivity contribution in [2.24, 2.45) is 0 Å². The number of nitrogens with one attached hydrogen (secondary N) is 1. The summed E-state index contributed by atoms with van der Waals surface area (Å²) >= 11 is 0. The van der Waals surface area contributed by atoms with Crippen molar-refractivity contribution in [1.82, 2.24) is 5.32 Å². The number of carbonyl (C=O) groups excluding carboxylic acids is 1. The minimum Gasteiger partial charge on any atom is -0.469 e. The van der Waals surface area contributed by atoms with E-state index in [-0.39, 0.29) is 31.8 Å². The maximum absolute atomic E-state index is 12.5. The van der Waals surface area contributed by atoms with Crippen LogP contribution in [0.5, 0.6) is 0 Å². The van der Waals surface area contributed by atoms with Gasteiger partial charge in [0.1, 0.15) is 0 Å². The Hall–Kier alpha value is -0.420. The van der Waals surface area contributed by atoms with E-state index in [0.29, 0.717) is 0 Å². The van der Waals surface area contributed by atoms with Crippen LogP contribution in [-0.2, 0) is 9.53 Å². The Kier molecular flexibility index (Phi) is 4.56. The summed E-state index contributed by atoms with van der Waals surface area (Å²) in [5.41, 5.74) is 0. The minimum absolute atomic E-state index is 0. The monoisotopic (exact) mass is 215 g/mol. The molecule has 78 valence electrons. The van der Waals surface area contributed by atoms with Gasteiger partial charge in [-0.05, 0) is 0 Å². The summed E-state index contributed by atoms with van der Waals surface area (Å²) < 4.78 is 29.4. The third-order valence-corrected chi connectivity index (χ3v) is 1.84. The maximum Gasteiger partial charge on any atom is 0.307 e. The lowest BCUT2D eigenvalue weighted by Crippen LogP contribution is -2.25. The van der Waals surface area contributed by atoms with Crippen molar-refractivity contribution in [3.8, 4) is 0 Å². The molecule has 0 saturated carbocycles. The Balaban J connectivity index is 0.00000144. The molecule has 13 heavy (non-hydrogen) atoms. The van der Waals surface area contributed by atoms with Gasteiger partial charge in [-0.1, -0.05) is 0 Å². The summed E-state index contributed by atoms with van der Waals surface area (Å²) in [7, 11) is 1.25. The Morgan fingerprint density at radius 3 is 2.69 bits per heavy atom. The summed E-state index contributed by atoms with van der Waals surface area (Å²) in [6, 6.07) is -0.438. The zero-order valence-corrected chi connectivity index (χ0v) is 8.00. The predicted octanol–water partition coefficient (Wildman–Crippen LogP) is 0.968. The van der Waals surface area contributed by atoms with E-state index in [1.54, 1.807) is 0 Å². The molecular weight excluding hydrogens is 204 g/mol. The molecule has 0 aromatic rings. The summed E-state index contributed by atoms with van der Waals surface area (Å²) in [5, 5.41) is 2.56. The van der Waals surface area contributed by atoms with Gasteiger partial charge in [0.15, 0.2) is 0 Å². The lowest BCUT2D eigenvalue weighted by atomic mass is 10.1. The Labute approximate surface area is 81.2 Å². The van der Waals surface area contributed by atoms with E-state index in [1.165, 1.54) is 7.11 Å². The summed E-state index contributed by atoms with van der Waals surface area (Å²) in [6.07, 6.45) is -0.256. The van der Waals surface area contributed by atoms with Crippen molar-refractivity contribution in [3.63, 3.8) is 0 Å². The molecule has 0 aliphatic carbocycles. The number of carbonyl (C=O) groups is 1. The second-order valence-corrected chi connectivity index (χ2v) is 2.92. The number of hydrogen-bond acceptors (Lipinski definition) is 3. The molecule has 1 saturated heterocycles. The van der Waals surface area contributed by atoms with Gasteiger partial charge in [0.05, 0.1) is 20.1 Å². The zero-order chi connectivity index (χ0) is 9.19. The average molecular weight is 216 g/mol. The number of hydrogen-bond donors (Lipinski definition) is 1. The lowest BCUT2D eigenvalue weighted by molar-refractivity contribution is -0.141. The third-order valence-electron chi connectivity index (χ3n) is 1.84. The molecule has 6 heteroatoms. The summed E-state index contributed by atoms with van der Waals surface area (Å²) in [4.78, 5) is 10.7. The quantitative estimate of drug-likeness (QED) is 0.698. The largest absolute Gasteiger partial charge is 0.469 e. The van der Waals surface area contributed by atoms with Crippen LogP contribution in [0.2, 0.25) is 0 Å². The fourth-order valence-electron chi connectivity index (χ4n) is 1.23. The van der Waals surface area contributed by atoms with Crippen LogP contribution in [0.3, 0.4) is 0 Å². The van der Waals surface area contributed by atoms with Crippen LogP contribution >= 0.6 is 12.4 Å². The molecule has 1 heterocycles. The highest BCUT2D eigenvalue weighted by Crippen LogP contribution is 2.26. The Morgan fingerprint density at radius 1 is 1.69 bits per heavy atom. The van der Waals surface area contributed by atoms with Crippen molar-refractivity contribution in [1.29, 1.82) is 0 Å². The standard InChI is InChI=1S/C7H11F2NO2.ClH/c1-12-6(11)2-5-3-7(8,9)4-10-5;/h5,10H,2-4H2,1H3;1H. The zero-order valence-electron chi connectivity index (χ0n) is 7.18. The van der Waals surface area contributed by atoms with Gasteiger partial charge in [-0.25, -0.2) is 8.78 Å². The first-order valence-corrected chi connectivity index (χ1v) is 3.71. The van der Waals surface area contributed by atoms with Crippen molar-refractivity contribution >= 4 is 18.4 Å². The normalized spacial score (nSPS) is 25.0. The molecule has 0 radical (unpaired) electrons. The minimum atomic E-state index is -2.67. The first-order valence-electron chi connectivity index (χ1n) is 3.71. The Morgan fingerprint density at radius 2 is 2.31 bits per heavy atom. The third kappa shape index (κ3) is 3.87. The second kappa shape index (κ2) is 4.72. The highest BCUT2D eigenvalue weighted by atomic mass is 35.5. The maximum atomic E-state index is 12.5. The van der Waals surface area contributed by atoms with E-state index >= 15 is 0 Å². The molecule has 0 amide bonds. The van der Waals surface area contributed by atoms with Gasteiger partial charge >= 0.3 is 5.97 Å². The SMILES string of the molecule is COC(=O)CC1CC(F)(F)CN1.Cl. The van der Waals surface area contributed by atoms with Gasteiger partial charge in [-0.3, -0.25) is 4.79 Å². The van der Waals surface area contributed by atoms with Crippen molar-refractivity contribution in [2.75, 3.05) is 13.7 Å². The topological polar surface area (TPSA) is 38.3 Å². The molecule has 0 aromatic carbocycles. The fraction of sp³-hybridized carbons (Fsp3) is 0.857. The molecular formula is C7H12ClF2NO2. The van der Waals surface area contributed by atoms with E-state index in [4.69, 9.17) is 0 Å². The number of alkyl halides is 2. The number of esters is 1. The molecule has 1 rings (SSSR count). The summed E-state index contributed by atoms with van der Waals surface area (Å²) in [6.45, 7) is -0.339. The van der Waals surface area contributed by atoms with E-state index in [9.17, 15) is 13.6 Å². The van der Waals surface area contributed by atoms with E-state index < -0.39 is 17.9 Å². The molecule has 1 aliphatic heterocycles. The average Bonchev–Trinajstić information content (AvgIpc) is 2.30. The molecule has 0 spiro atoms. The van der Waals surface area contributed by atoms with Crippen LogP contribution in [-0.4, -0.2) is 31.6 Å². The van der Waals surface area contributed by atoms with Crippen LogP contribution in [0.1, 0.15) is 12.8 Å². The molecule has 0 bridgehead atoms. The Bertz CT molecular complexity index is 189. The van der Waals surface area contributed by atoms with E-state index in [1.807, 2.05) is 0 Å². The van der Waals surface area contributed by atoms with Crippen LogP contribution < -0.4 is 5.32 Å². The highest BCUT2D eigenvalue weighted by molar-refractivity contribution is 5.85. The van der Waals surface area contributed by atoms with Gasteiger partial charge in [-0.2, -0.15) is 0 Å². The van der Waals surface area contributed by atoms with Crippen LogP contribution in [0, 0.1) is 0 Å². The number of rotatable bonds is 2. The van der Waals surface area contributed by atoms with E-state index in [2.05, 4.69) is 10.1 Å². The molecule has 1 aliphatic rings. The van der Waals surface area contributed by atoms with Crippen molar-refractivity contribution in [3.05, 3.63) is 0 Å². The molecule has 1 atom stereocenters. The number of halogens is 3. The molecule has 1 unspecified atom stereocenters. The fourth-order valence-corrected chi connectivity index (χ4v) is 1.23. The van der Waals surface area contributed by atoms with Crippen LogP contribution in [0.25, 0.3) is 0 Å². The molecule has 1 fully saturated rings. The number of ether oxygens (including phenoxy) is 1. The molecule has 1 N–H and O–H groups in total. The van der Waals surface area contributed by atoms with Gasteiger partial charge in [0.2, 0.25) is 0 Å². The lowest BCUT2D eigenvalue weighted by Gasteiger charge is -2.07. The molecule has 0 aromatic heterocycles. The molecule has 3 nitrogen and oxygen atoms in total. The van der Waals surface area contributed by atoms with E-state index in [0.717, 1.165) is 0 Å². The highest BCUT2D eigenvalue weighted by Gasteiger charge is 2.39.